The van der Waals surface area contributed by atoms with Crippen LogP contribution in [0.1, 0.15) is 61.0 Å². The number of nitrogens with one attached hydrogen (secondary N) is 1. The molecule has 10 heteroatoms. The molecule has 5 nitrogen and oxygen atoms in total. The Balaban J connectivity index is 2.21. The van der Waals surface area contributed by atoms with Gasteiger partial charge in [-0.3, -0.25) is 9.10 Å². The van der Waals surface area contributed by atoms with Gasteiger partial charge in [-0.1, -0.05) is 56.8 Å². The summed E-state index contributed by atoms with van der Waals surface area (Å²) in [5, 5.41) is 2.76. The molecule has 1 amide bonds. The van der Waals surface area contributed by atoms with Crippen molar-refractivity contribution in [3.05, 3.63) is 64.2 Å². The minimum absolute atomic E-state index is 0.153. The second-order valence-electron chi connectivity index (χ2n) is 8.25. The first kappa shape index (κ1) is 28.0. The lowest BCUT2D eigenvalue weighted by Gasteiger charge is -2.26. The molecule has 0 aromatic heterocycles. The molecular weight excluding hydrogens is 489 g/mol. The monoisotopic (exact) mass is 518 g/mol. The zero-order valence-corrected chi connectivity index (χ0v) is 21.0. The van der Waals surface area contributed by atoms with E-state index in [0.717, 1.165) is 38.0 Å². The molecule has 188 valence electrons. The third-order valence-corrected chi connectivity index (χ3v) is 6.93. The molecule has 0 saturated carbocycles. The summed E-state index contributed by atoms with van der Waals surface area (Å²) in [6, 6.07) is 9.08. The van der Waals surface area contributed by atoms with Crippen LogP contribution in [0.2, 0.25) is 5.02 Å². The van der Waals surface area contributed by atoms with Crippen molar-refractivity contribution in [3.63, 3.8) is 0 Å². The van der Waals surface area contributed by atoms with Crippen LogP contribution < -0.4 is 9.62 Å². The first-order chi connectivity index (χ1) is 15.9. The molecule has 2 aromatic rings. The molecule has 2 rings (SSSR count). The molecule has 0 bridgehead atoms. The number of rotatable bonds is 11. The van der Waals surface area contributed by atoms with Crippen LogP contribution >= 0.6 is 11.6 Å². The van der Waals surface area contributed by atoms with Crippen LogP contribution in [0.4, 0.5) is 18.9 Å². The van der Waals surface area contributed by atoms with Crippen molar-refractivity contribution < 1.29 is 26.4 Å². The predicted octanol–water partition coefficient (Wildman–Crippen LogP) is 6.27. The van der Waals surface area contributed by atoms with Gasteiger partial charge in [-0.2, -0.15) is 13.2 Å². The summed E-state index contributed by atoms with van der Waals surface area (Å²) in [6.45, 7) is 4.43. The van der Waals surface area contributed by atoms with E-state index >= 15 is 0 Å². The Morgan fingerprint density at radius 3 is 2.29 bits per heavy atom. The zero-order chi connectivity index (χ0) is 25.5. The van der Waals surface area contributed by atoms with E-state index in [4.69, 9.17) is 11.6 Å². The summed E-state index contributed by atoms with van der Waals surface area (Å²) in [7, 11) is -4.06. The third kappa shape index (κ3) is 7.91. The number of benzene rings is 2. The smallest absolute Gasteiger partial charge is 0.352 e. The normalized spacial score (nSPS) is 12.9. The van der Waals surface area contributed by atoms with Gasteiger partial charge in [-0.15, -0.1) is 0 Å². The fourth-order valence-electron chi connectivity index (χ4n) is 3.54. The first-order valence-corrected chi connectivity index (χ1v) is 13.3. The number of nitrogens with zero attached hydrogens (tertiary/aromatic N) is 1. The van der Waals surface area contributed by atoms with E-state index in [2.05, 4.69) is 19.2 Å². The molecule has 0 aliphatic rings. The SMILES string of the molecule is CCCC[C@H](CC)CNC(=O)c1ccc(CN(c2ccc(Cl)cc2C(F)(F)F)S(C)(=O)=O)cc1. The van der Waals surface area contributed by atoms with Gasteiger partial charge >= 0.3 is 6.18 Å². The van der Waals surface area contributed by atoms with Crippen molar-refractivity contribution >= 4 is 33.2 Å². The Hall–Kier alpha value is -2.26. The molecule has 34 heavy (non-hydrogen) atoms. The van der Waals surface area contributed by atoms with E-state index in [1.807, 2.05) is 0 Å². The first-order valence-electron chi connectivity index (χ1n) is 11.1. The maximum Gasteiger partial charge on any atom is 0.418 e. The molecule has 0 unspecified atom stereocenters. The molecule has 1 atom stereocenters. The second kappa shape index (κ2) is 11.9. The van der Waals surface area contributed by atoms with Gasteiger partial charge in [0.25, 0.3) is 5.91 Å². The fourth-order valence-corrected chi connectivity index (χ4v) is 4.62. The van der Waals surface area contributed by atoms with E-state index in [9.17, 15) is 26.4 Å². The van der Waals surface area contributed by atoms with E-state index in [-0.39, 0.29) is 17.5 Å². The standard InChI is InChI=1S/C24H30ClF3N2O3S/c1-4-6-7-17(5-2)15-29-23(31)19-10-8-18(9-11-19)16-30(34(3,32)33)22-13-12-20(25)14-21(22)24(26,27)28/h8-14,17H,4-7,15-16H2,1-3H3,(H,29,31)/t17-/m0/s1. The lowest BCUT2D eigenvalue weighted by Crippen LogP contribution is -2.31. The summed E-state index contributed by atoms with van der Waals surface area (Å²) in [5.41, 5.74) is -0.837. The molecule has 0 spiro atoms. The van der Waals surface area contributed by atoms with Crippen LogP contribution in [-0.2, 0) is 22.7 Å². The molecule has 0 aliphatic heterocycles. The molecule has 0 fully saturated rings. The van der Waals surface area contributed by atoms with Crippen molar-refractivity contribution in [2.75, 3.05) is 17.1 Å². The highest BCUT2D eigenvalue weighted by Crippen LogP contribution is 2.39. The lowest BCUT2D eigenvalue weighted by molar-refractivity contribution is -0.137. The highest BCUT2D eigenvalue weighted by atomic mass is 35.5. The Bertz CT molecular complexity index is 1070. The summed E-state index contributed by atoms with van der Waals surface area (Å²) in [4.78, 5) is 12.5. The van der Waals surface area contributed by atoms with E-state index in [1.165, 1.54) is 30.3 Å². The molecule has 0 heterocycles. The number of hydrogen-bond donors (Lipinski definition) is 1. The number of halogens is 4. The van der Waals surface area contributed by atoms with E-state index in [0.29, 0.717) is 34.0 Å². The van der Waals surface area contributed by atoms with Gasteiger partial charge in [0.1, 0.15) is 0 Å². The van der Waals surface area contributed by atoms with Gasteiger partial charge in [0.2, 0.25) is 10.0 Å². The number of anilines is 1. The highest BCUT2D eigenvalue weighted by molar-refractivity contribution is 7.92. The maximum absolute atomic E-state index is 13.6. The molecule has 0 saturated heterocycles. The number of amides is 1. The van der Waals surface area contributed by atoms with Crippen LogP contribution in [0.3, 0.4) is 0 Å². The van der Waals surface area contributed by atoms with Gasteiger partial charge in [-0.25, -0.2) is 8.42 Å². The van der Waals surface area contributed by atoms with Crippen LogP contribution in [0.5, 0.6) is 0 Å². The minimum Gasteiger partial charge on any atom is -0.352 e. The maximum atomic E-state index is 13.6. The zero-order valence-electron chi connectivity index (χ0n) is 19.5. The second-order valence-corrected chi connectivity index (χ2v) is 10.6. The van der Waals surface area contributed by atoms with Crippen molar-refractivity contribution in [3.8, 4) is 0 Å². The number of hydrogen-bond acceptors (Lipinski definition) is 3. The van der Waals surface area contributed by atoms with Gasteiger partial charge in [0.15, 0.2) is 0 Å². The quantitative estimate of drug-likeness (QED) is 0.381. The average molecular weight is 519 g/mol. The predicted molar refractivity (Wildman–Crippen MR) is 130 cm³/mol. The number of unbranched alkanes of at least 4 members (excludes halogenated alkanes) is 1. The Morgan fingerprint density at radius 2 is 1.76 bits per heavy atom. The van der Waals surface area contributed by atoms with E-state index < -0.39 is 27.5 Å². The lowest BCUT2D eigenvalue weighted by atomic mass is 9.99. The number of carbonyl (C=O) groups is 1. The van der Waals surface area contributed by atoms with Crippen molar-refractivity contribution in [2.24, 2.45) is 5.92 Å². The molecular formula is C24H30ClF3N2O3S. The molecule has 0 radical (unpaired) electrons. The molecule has 1 N–H and O–H groups in total. The van der Waals surface area contributed by atoms with Gasteiger partial charge < -0.3 is 5.32 Å². The number of sulfonamides is 1. The summed E-state index contributed by atoms with van der Waals surface area (Å²) >= 11 is 5.72. The van der Waals surface area contributed by atoms with Crippen LogP contribution in [-0.4, -0.2) is 27.1 Å². The van der Waals surface area contributed by atoms with Crippen LogP contribution in [0.15, 0.2) is 42.5 Å². The molecule has 0 aliphatic carbocycles. The van der Waals surface area contributed by atoms with Crippen LogP contribution in [0, 0.1) is 5.92 Å². The van der Waals surface area contributed by atoms with E-state index in [1.54, 1.807) is 0 Å². The van der Waals surface area contributed by atoms with Crippen molar-refractivity contribution in [1.82, 2.24) is 5.32 Å². The third-order valence-electron chi connectivity index (χ3n) is 5.57. The largest absolute Gasteiger partial charge is 0.418 e. The van der Waals surface area contributed by atoms with Gasteiger partial charge in [0, 0.05) is 17.1 Å². The highest BCUT2D eigenvalue weighted by Gasteiger charge is 2.37. The Kier molecular flexibility index (Phi) is 9.82. The number of alkyl halides is 3. The Morgan fingerprint density at radius 1 is 1.12 bits per heavy atom. The Labute approximate surface area is 204 Å². The summed E-state index contributed by atoms with van der Waals surface area (Å²) in [6.07, 6.45) is 0.245. The fraction of sp³-hybridized carbons (Fsp3) is 0.458. The van der Waals surface area contributed by atoms with Gasteiger partial charge in [-0.05, 0) is 48.2 Å². The summed E-state index contributed by atoms with van der Waals surface area (Å²) < 4.78 is 66.1. The van der Waals surface area contributed by atoms with Crippen molar-refractivity contribution in [2.45, 2.75) is 52.3 Å². The van der Waals surface area contributed by atoms with Crippen LogP contribution in [0.25, 0.3) is 0 Å². The summed E-state index contributed by atoms with van der Waals surface area (Å²) in [5.74, 6) is 0.146. The minimum atomic E-state index is -4.79. The average Bonchev–Trinajstić information content (AvgIpc) is 2.76. The van der Waals surface area contributed by atoms with Gasteiger partial charge in [0.05, 0.1) is 24.1 Å². The molecule has 2 aromatic carbocycles. The number of carbonyl (C=O) groups excluding carboxylic acids is 1. The van der Waals surface area contributed by atoms with Crippen molar-refractivity contribution in [1.29, 1.82) is 0 Å². The topological polar surface area (TPSA) is 66.5 Å².